The maximum absolute atomic E-state index is 12.0. The summed E-state index contributed by atoms with van der Waals surface area (Å²) in [6.45, 7) is 0.344. The number of amides is 1. The molecule has 0 fully saturated rings. The Morgan fingerprint density at radius 1 is 1.39 bits per heavy atom. The molecule has 18 heavy (non-hydrogen) atoms. The Labute approximate surface area is 106 Å². The van der Waals surface area contributed by atoms with Crippen LogP contribution in [0.25, 0.3) is 11.0 Å². The van der Waals surface area contributed by atoms with Crippen molar-refractivity contribution in [3.8, 4) is 0 Å². The lowest BCUT2D eigenvalue weighted by atomic mass is 9.98. The van der Waals surface area contributed by atoms with Gasteiger partial charge >= 0.3 is 0 Å². The van der Waals surface area contributed by atoms with Crippen LogP contribution in [0, 0.1) is 5.92 Å². The molecule has 0 aliphatic carbocycles. The number of hydrogen-bond acceptors (Lipinski definition) is 3. The van der Waals surface area contributed by atoms with E-state index in [0.29, 0.717) is 13.0 Å². The number of rotatable bonds is 4. The van der Waals surface area contributed by atoms with E-state index in [1.807, 2.05) is 24.3 Å². The van der Waals surface area contributed by atoms with Gasteiger partial charge in [0.25, 0.3) is 0 Å². The summed E-state index contributed by atoms with van der Waals surface area (Å²) in [5.41, 5.74) is 7.58. The zero-order valence-corrected chi connectivity index (χ0v) is 10.7. The Bertz CT molecular complexity index is 545. The van der Waals surface area contributed by atoms with Crippen molar-refractivity contribution in [2.45, 2.75) is 6.42 Å². The Morgan fingerprint density at radius 2 is 2.11 bits per heavy atom. The highest BCUT2D eigenvalue weighted by Crippen LogP contribution is 2.23. The van der Waals surface area contributed by atoms with Gasteiger partial charge in [-0.3, -0.25) is 4.79 Å². The fraction of sp³-hybridized carbons (Fsp3) is 0.357. The summed E-state index contributed by atoms with van der Waals surface area (Å²) < 4.78 is 5.47. The average molecular weight is 246 g/mol. The van der Waals surface area contributed by atoms with E-state index in [4.69, 9.17) is 10.2 Å². The lowest BCUT2D eigenvalue weighted by Crippen LogP contribution is -2.35. The van der Waals surface area contributed by atoms with Crippen molar-refractivity contribution < 1.29 is 9.21 Å². The van der Waals surface area contributed by atoms with Crippen molar-refractivity contribution in [1.29, 1.82) is 0 Å². The van der Waals surface area contributed by atoms with Gasteiger partial charge in [0, 0.05) is 26.0 Å². The number of fused-ring (bicyclic) bond motifs is 1. The van der Waals surface area contributed by atoms with Gasteiger partial charge in [-0.1, -0.05) is 18.2 Å². The van der Waals surface area contributed by atoms with E-state index in [0.717, 1.165) is 16.5 Å². The Balaban J connectivity index is 2.24. The van der Waals surface area contributed by atoms with E-state index in [1.54, 1.807) is 25.3 Å². The topological polar surface area (TPSA) is 59.5 Å². The van der Waals surface area contributed by atoms with Crippen LogP contribution in [-0.2, 0) is 11.2 Å². The Kier molecular flexibility index (Phi) is 3.67. The molecule has 2 N–H and O–H groups in total. The first kappa shape index (κ1) is 12.6. The van der Waals surface area contributed by atoms with Gasteiger partial charge in [0.05, 0.1) is 12.2 Å². The first-order chi connectivity index (χ1) is 8.63. The third-order valence-corrected chi connectivity index (χ3v) is 3.10. The standard InChI is InChI=1S/C14H18N2O2/c1-16(2)14(17)10(8-15)7-11-9-18-13-6-4-3-5-12(11)13/h3-6,9-10H,7-8,15H2,1-2H3. The van der Waals surface area contributed by atoms with Crippen molar-refractivity contribution in [3.63, 3.8) is 0 Å². The molecule has 0 aliphatic heterocycles. The third-order valence-electron chi connectivity index (χ3n) is 3.10. The molecule has 1 atom stereocenters. The van der Waals surface area contributed by atoms with Crippen molar-refractivity contribution >= 4 is 16.9 Å². The molecule has 2 aromatic rings. The van der Waals surface area contributed by atoms with E-state index in [9.17, 15) is 4.79 Å². The smallest absolute Gasteiger partial charge is 0.226 e. The summed E-state index contributed by atoms with van der Waals surface area (Å²) in [5.74, 6) is -0.135. The summed E-state index contributed by atoms with van der Waals surface area (Å²) in [4.78, 5) is 13.5. The van der Waals surface area contributed by atoms with Gasteiger partial charge in [0.15, 0.2) is 0 Å². The average Bonchev–Trinajstić information content (AvgIpc) is 2.78. The number of carbonyl (C=O) groups is 1. The maximum atomic E-state index is 12.0. The van der Waals surface area contributed by atoms with Crippen LogP contribution in [0.1, 0.15) is 5.56 Å². The number of nitrogens with two attached hydrogens (primary N) is 1. The van der Waals surface area contributed by atoms with Gasteiger partial charge in [-0.15, -0.1) is 0 Å². The lowest BCUT2D eigenvalue weighted by molar-refractivity contribution is -0.132. The third kappa shape index (κ3) is 2.38. The SMILES string of the molecule is CN(C)C(=O)C(CN)Cc1coc2ccccc12. The molecule has 1 aromatic heterocycles. The number of para-hydroxylation sites is 1. The fourth-order valence-corrected chi connectivity index (χ4v) is 2.09. The second-order valence-corrected chi connectivity index (χ2v) is 4.63. The molecule has 0 saturated carbocycles. The lowest BCUT2D eigenvalue weighted by Gasteiger charge is -2.18. The largest absolute Gasteiger partial charge is 0.464 e. The van der Waals surface area contributed by atoms with E-state index >= 15 is 0 Å². The molecule has 0 spiro atoms. The zero-order chi connectivity index (χ0) is 13.1. The monoisotopic (exact) mass is 246 g/mol. The first-order valence-corrected chi connectivity index (χ1v) is 5.99. The molecule has 4 heteroatoms. The van der Waals surface area contributed by atoms with Gasteiger partial charge in [-0.05, 0) is 18.1 Å². The summed E-state index contributed by atoms with van der Waals surface area (Å²) in [6, 6.07) is 7.82. The van der Waals surface area contributed by atoms with Crippen LogP contribution < -0.4 is 5.73 Å². The van der Waals surface area contributed by atoms with Crippen molar-refractivity contribution in [1.82, 2.24) is 4.90 Å². The van der Waals surface area contributed by atoms with Crippen LogP contribution >= 0.6 is 0 Å². The van der Waals surface area contributed by atoms with Crippen LogP contribution in [0.5, 0.6) is 0 Å². The van der Waals surface area contributed by atoms with Gasteiger partial charge < -0.3 is 15.1 Å². The molecular weight excluding hydrogens is 228 g/mol. The molecule has 0 aliphatic rings. The normalized spacial score (nSPS) is 12.6. The zero-order valence-electron chi connectivity index (χ0n) is 10.7. The first-order valence-electron chi connectivity index (χ1n) is 5.99. The molecule has 0 saturated heterocycles. The van der Waals surface area contributed by atoms with E-state index in [1.165, 1.54) is 0 Å². The molecular formula is C14H18N2O2. The predicted molar refractivity (Wildman–Crippen MR) is 71.2 cm³/mol. The number of furan rings is 1. The second kappa shape index (κ2) is 5.23. The minimum absolute atomic E-state index is 0.0581. The highest BCUT2D eigenvalue weighted by Gasteiger charge is 2.20. The minimum atomic E-state index is -0.194. The molecule has 1 amide bonds. The number of nitrogens with zero attached hydrogens (tertiary/aromatic N) is 1. The quantitative estimate of drug-likeness (QED) is 0.892. The summed E-state index contributed by atoms with van der Waals surface area (Å²) in [5, 5.41) is 1.06. The van der Waals surface area contributed by atoms with Crippen molar-refractivity contribution in [3.05, 3.63) is 36.1 Å². The van der Waals surface area contributed by atoms with E-state index in [-0.39, 0.29) is 11.8 Å². The van der Waals surface area contributed by atoms with E-state index in [2.05, 4.69) is 0 Å². The van der Waals surface area contributed by atoms with Crippen LogP contribution in [0.15, 0.2) is 34.9 Å². The molecule has 1 unspecified atom stereocenters. The van der Waals surface area contributed by atoms with Crippen LogP contribution in [0.3, 0.4) is 0 Å². The van der Waals surface area contributed by atoms with Crippen molar-refractivity contribution in [2.75, 3.05) is 20.6 Å². The predicted octanol–water partition coefficient (Wildman–Crippen LogP) is 1.64. The molecule has 0 bridgehead atoms. The van der Waals surface area contributed by atoms with E-state index < -0.39 is 0 Å². The molecule has 96 valence electrons. The molecule has 0 radical (unpaired) electrons. The molecule has 1 aromatic carbocycles. The maximum Gasteiger partial charge on any atom is 0.226 e. The number of hydrogen-bond donors (Lipinski definition) is 1. The summed E-state index contributed by atoms with van der Waals surface area (Å²) >= 11 is 0. The number of benzene rings is 1. The summed E-state index contributed by atoms with van der Waals surface area (Å²) in [6.07, 6.45) is 2.33. The molecule has 4 nitrogen and oxygen atoms in total. The highest BCUT2D eigenvalue weighted by molar-refractivity contribution is 5.83. The Morgan fingerprint density at radius 3 is 2.78 bits per heavy atom. The van der Waals surface area contributed by atoms with Crippen LogP contribution in [-0.4, -0.2) is 31.4 Å². The molecule has 1 heterocycles. The second-order valence-electron chi connectivity index (χ2n) is 4.63. The highest BCUT2D eigenvalue weighted by atomic mass is 16.3. The fourth-order valence-electron chi connectivity index (χ4n) is 2.09. The van der Waals surface area contributed by atoms with Gasteiger partial charge in [0.2, 0.25) is 5.91 Å². The van der Waals surface area contributed by atoms with Crippen LogP contribution in [0.4, 0.5) is 0 Å². The van der Waals surface area contributed by atoms with Gasteiger partial charge in [0.1, 0.15) is 5.58 Å². The Hall–Kier alpha value is -1.81. The minimum Gasteiger partial charge on any atom is -0.464 e. The van der Waals surface area contributed by atoms with Gasteiger partial charge in [-0.2, -0.15) is 0 Å². The van der Waals surface area contributed by atoms with Gasteiger partial charge in [-0.25, -0.2) is 0 Å². The molecule has 2 rings (SSSR count). The van der Waals surface area contributed by atoms with Crippen LogP contribution in [0.2, 0.25) is 0 Å². The summed E-state index contributed by atoms with van der Waals surface area (Å²) in [7, 11) is 3.50. The number of carbonyl (C=O) groups excluding carboxylic acids is 1. The van der Waals surface area contributed by atoms with Crippen molar-refractivity contribution in [2.24, 2.45) is 11.7 Å².